The molecule has 0 aromatic rings. The molecule has 0 saturated heterocycles. The summed E-state index contributed by atoms with van der Waals surface area (Å²) in [5.74, 6) is 0.873. The lowest BCUT2D eigenvalue weighted by Crippen LogP contribution is -2.19. The van der Waals surface area contributed by atoms with Crippen LogP contribution in [0, 0.1) is 5.92 Å². The molecule has 0 aliphatic heterocycles. The first kappa shape index (κ1) is 12.0. The van der Waals surface area contributed by atoms with E-state index in [0.717, 1.165) is 18.6 Å². The van der Waals surface area contributed by atoms with Gasteiger partial charge in [0.25, 0.3) is 0 Å². The van der Waals surface area contributed by atoms with E-state index in [1.807, 2.05) is 0 Å². The van der Waals surface area contributed by atoms with Crippen molar-refractivity contribution in [2.45, 2.75) is 51.5 Å². The molecule has 1 atom stereocenters. The van der Waals surface area contributed by atoms with E-state index in [-0.39, 0.29) is 0 Å². The molecular weight excluding hydrogens is 174 g/mol. The minimum Gasteiger partial charge on any atom is -0.385 e. The van der Waals surface area contributed by atoms with Crippen LogP contribution in [0.4, 0.5) is 0 Å². The maximum absolute atomic E-state index is 5.03. The molecule has 84 valence electrons. The Morgan fingerprint density at radius 2 is 2.07 bits per heavy atom. The van der Waals surface area contributed by atoms with Crippen molar-refractivity contribution in [1.82, 2.24) is 5.32 Å². The first-order valence-electron chi connectivity index (χ1n) is 6.05. The van der Waals surface area contributed by atoms with Crippen molar-refractivity contribution in [1.29, 1.82) is 0 Å². The van der Waals surface area contributed by atoms with Gasteiger partial charge in [-0.1, -0.05) is 19.8 Å². The molecule has 1 saturated carbocycles. The van der Waals surface area contributed by atoms with Gasteiger partial charge in [-0.3, -0.25) is 0 Å². The Morgan fingerprint density at radius 1 is 1.29 bits per heavy atom. The monoisotopic (exact) mass is 199 g/mol. The van der Waals surface area contributed by atoms with E-state index in [4.69, 9.17) is 4.74 Å². The highest BCUT2D eigenvalue weighted by Crippen LogP contribution is 2.19. The highest BCUT2D eigenvalue weighted by atomic mass is 16.5. The largest absolute Gasteiger partial charge is 0.385 e. The number of methoxy groups -OCH3 is 1. The summed E-state index contributed by atoms with van der Waals surface area (Å²) in [5, 5.41) is 3.56. The summed E-state index contributed by atoms with van der Waals surface area (Å²) in [6.45, 7) is 4.50. The summed E-state index contributed by atoms with van der Waals surface area (Å²) in [4.78, 5) is 0. The van der Waals surface area contributed by atoms with Crippen LogP contribution < -0.4 is 5.32 Å². The van der Waals surface area contributed by atoms with E-state index in [1.165, 1.54) is 45.1 Å². The standard InChI is InChI=1S/C12H25NO/c1-11(5-3-4-10-14-2)8-9-13-12-6-7-12/h11-13H,3-10H2,1-2H3. The molecule has 14 heavy (non-hydrogen) atoms. The number of ether oxygens (including phenoxy) is 1. The summed E-state index contributed by atoms with van der Waals surface area (Å²) >= 11 is 0. The van der Waals surface area contributed by atoms with Gasteiger partial charge in [0, 0.05) is 19.8 Å². The molecule has 2 heteroatoms. The van der Waals surface area contributed by atoms with Crippen LogP contribution >= 0.6 is 0 Å². The fraction of sp³-hybridized carbons (Fsp3) is 1.00. The third-order valence-corrected chi connectivity index (χ3v) is 2.94. The second kappa shape index (κ2) is 7.24. The lowest BCUT2D eigenvalue weighted by molar-refractivity contribution is 0.190. The van der Waals surface area contributed by atoms with Gasteiger partial charge in [-0.25, -0.2) is 0 Å². The van der Waals surface area contributed by atoms with Gasteiger partial charge < -0.3 is 10.1 Å². The van der Waals surface area contributed by atoms with E-state index < -0.39 is 0 Å². The quantitative estimate of drug-likeness (QED) is 0.576. The van der Waals surface area contributed by atoms with Crippen molar-refractivity contribution in [2.75, 3.05) is 20.3 Å². The van der Waals surface area contributed by atoms with Crippen LogP contribution in [0.2, 0.25) is 0 Å². The molecule has 0 spiro atoms. The van der Waals surface area contributed by atoms with Gasteiger partial charge in [-0.15, -0.1) is 0 Å². The predicted molar refractivity (Wildman–Crippen MR) is 60.5 cm³/mol. The normalized spacial score (nSPS) is 18.4. The van der Waals surface area contributed by atoms with Crippen LogP contribution in [-0.4, -0.2) is 26.3 Å². The average molecular weight is 199 g/mol. The van der Waals surface area contributed by atoms with Crippen molar-refractivity contribution in [3.05, 3.63) is 0 Å². The van der Waals surface area contributed by atoms with Gasteiger partial charge >= 0.3 is 0 Å². The number of rotatable bonds is 9. The molecule has 0 heterocycles. The Kier molecular flexibility index (Phi) is 6.20. The van der Waals surface area contributed by atoms with Gasteiger partial charge in [0.15, 0.2) is 0 Å². The fourth-order valence-electron chi connectivity index (χ4n) is 1.70. The molecule has 1 N–H and O–H groups in total. The number of nitrogens with one attached hydrogen (secondary N) is 1. The number of hydrogen-bond acceptors (Lipinski definition) is 2. The summed E-state index contributed by atoms with van der Waals surface area (Å²) in [6.07, 6.45) is 8.04. The van der Waals surface area contributed by atoms with Crippen LogP contribution in [0.5, 0.6) is 0 Å². The molecule has 1 unspecified atom stereocenters. The molecule has 1 aliphatic rings. The van der Waals surface area contributed by atoms with Crippen LogP contribution in [0.1, 0.15) is 45.4 Å². The molecule has 0 amide bonds. The van der Waals surface area contributed by atoms with E-state index in [1.54, 1.807) is 7.11 Å². The zero-order valence-electron chi connectivity index (χ0n) is 9.72. The maximum atomic E-state index is 5.03. The predicted octanol–water partition coefficient (Wildman–Crippen LogP) is 2.58. The van der Waals surface area contributed by atoms with Crippen molar-refractivity contribution in [2.24, 2.45) is 5.92 Å². The van der Waals surface area contributed by atoms with Gasteiger partial charge in [0.05, 0.1) is 0 Å². The van der Waals surface area contributed by atoms with Crippen LogP contribution in [-0.2, 0) is 4.74 Å². The van der Waals surface area contributed by atoms with Gasteiger partial charge in [0.2, 0.25) is 0 Å². The zero-order chi connectivity index (χ0) is 10.2. The highest BCUT2D eigenvalue weighted by Gasteiger charge is 2.19. The molecule has 2 nitrogen and oxygen atoms in total. The zero-order valence-corrected chi connectivity index (χ0v) is 9.72. The Morgan fingerprint density at radius 3 is 2.71 bits per heavy atom. The molecule has 1 aliphatic carbocycles. The summed E-state index contributed by atoms with van der Waals surface area (Å²) in [6, 6.07) is 0.871. The first-order chi connectivity index (χ1) is 6.83. The number of hydrogen-bond donors (Lipinski definition) is 1. The Balaban J connectivity index is 1.79. The molecule has 0 radical (unpaired) electrons. The summed E-state index contributed by atoms with van der Waals surface area (Å²) < 4.78 is 5.03. The maximum Gasteiger partial charge on any atom is 0.0462 e. The van der Waals surface area contributed by atoms with Crippen LogP contribution in [0.15, 0.2) is 0 Å². The smallest absolute Gasteiger partial charge is 0.0462 e. The van der Waals surface area contributed by atoms with Crippen molar-refractivity contribution in [3.8, 4) is 0 Å². The topological polar surface area (TPSA) is 21.3 Å². The van der Waals surface area contributed by atoms with Crippen LogP contribution in [0.25, 0.3) is 0 Å². The summed E-state index contributed by atoms with van der Waals surface area (Å²) in [5.41, 5.74) is 0. The lowest BCUT2D eigenvalue weighted by Gasteiger charge is -2.11. The highest BCUT2D eigenvalue weighted by molar-refractivity contribution is 4.80. The van der Waals surface area contributed by atoms with E-state index in [2.05, 4.69) is 12.2 Å². The van der Waals surface area contributed by atoms with E-state index in [0.29, 0.717) is 0 Å². The third-order valence-electron chi connectivity index (χ3n) is 2.94. The molecule has 1 fully saturated rings. The van der Waals surface area contributed by atoms with E-state index in [9.17, 15) is 0 Å². The van der Waals surface area contributed by atoms with Crippen LogP contribution in [0.3, 0.4) is 0 Å². The molecule has 0 aromatic heterocycles. The second-order valence-electron chi connectivity index (χ2n) is 4.61. The third kappa shape index (κ3) is 6.39. The van der Waals surface area contributed by atoms with Crippen molar-refractivity contribution < 1.29 is 4.74 Å². The first-order valence-corrected chi connectivity index (χ1v) is 6.05. The van der Waals surface area contributed by atoms with Crippen molar-refractivity contribution in [3.63, 3.8) is 0 Å². The van der Waals surface area contributed by atoms with Gasteiger partial charge in [-0.2, -0.15) is 0 Å². The Labute approximate surface area is 88.4 Å². The molecule has 1 rings (SSSR count). The van der Waals surface area contributed by atoms with Gasteiger partial charge in [-0.05, 0) is 38.1 Å². The summed E-state index contributed by atoms with van der Waals surface area (Å²) in [7, 11) is 1.78. The minimum atomic E-state index is 0.871. The molecule has 0 bridgehead atoms. The Bertz CT molecular complexity index is 134. The van der Waals surface area contributed by atoms with Crippen molar-refractivity contribution >= 4 is 0 Å². The second-order valence-corrected chi connectivity index (χ2v) is 4.61. The van der Waals surface area contributed by atoms with Gasteiger partial charge in [0.1, 0.15) is 0 Å². The minimum absolute atomic E-state index is 0.871. The Hall–Kier alpha value is -0.0800. The number of unbranched alkanes of at least 4 members (excludes halogenated alkanes) is 1. The SMILES string of the molecule is COCCCCC(C)CCNC1CC1. The lowest BCUT2D eigenvalue weighted by atomic mass is 10.0. The molecular formula is C12H25NO. The fourth-order valence-corrected chi connectivity index (χ4v) is 1.70. The van der Waals surface area contributed by atoms with E-state index >= 15 is 0 Å². The average Bonchev–Trinajstić information content (AvgIpc) is 2.96. The molecule has 0 aromatic carbocycles.